The van der Waals surface area contributed by atoms with Crippen LogP contribution in [0.4, 0.5) is 8.78 Å². The minimum absolute atomic E-state index is 0.179. The van der Waals surface area contributed by atoms with Gasteiger partial charge in [-0.2, -0.15) is 0 Å². The summed E-state index contributed by atoms with van der Waals surface area (Å²) in [5.74, 6) is -2.24. The van der Waals surface area contributed by atoms with E-state index in [2.05, 4.69) is 5.32 Å². The predicted molar refractivity (Wildman–Crippen MR) is 72.1 cm³/mol. The van der Waals surface area contributed by atoms with E-state index in [-0.39, 0.29) is 12.1 Å². The topological polar surface area (TPSA) is 55.1 Å². The third-order valence-corrected chi connectivity index (χ3v) is 2.92. The van der Waals surface area contributed by atoms with Crippen molar-refractivity contribution >= 4 is 5.91 Å². The minimum Gasteiger partial charge on any atom is -0.344 e. The summed E-state index contributed by atoms with van der Waals surface area (Å²) in [5, 5.41) is 2.63. The van der Waals surface area contributed by atoms with Gasteiger partial charge in [0, 0.05) is 12.6 Å². The molecule has 1 unspecified atom stereocenters. The van der Waals surface area contributed by atoms with Crippen LogP contribution in [-0.2, 0) is 0 Å². The summed E-state index contributed by atoms with van der Waals surface area (Å²) in [6.45, 7) is 0.179. The van der Waals surface area contributed by atoms with Crippen molar-refractivity contribution in [2.75, 3.05) is 6.54 Å². The van der Waals surface area contributed by atoms with E-state index >= 15 is 0 Å². The number of hydrogen-bond donors (Lipinski definition) is 2. The Labute approximate surface area is 115 Å². The molecule has 0 fully saturated rings. The van der Waals surface area contributed by atoms with Gasteiger partial charge in [0.15, 0.2) is 0 Å². The predicted octanol–water partition coefficient (Wildman–Crippen LogP) is 2.39. The lowest BCUT2D eigenvalue weighted by atomic mass is 10.1. The largest absolute Gasteiger partial charge is 0.344 e. The maximum absolute atomic E-state index is 13.5. The number of amides is 1. The summed E-state index contributed by atoms with van der Waals surface area (Å²) in [5.41, 5.74) is 6.24. The summed E-state index contributed by atoms with van der Waals surface area (Å²) >= 11 is 0. The lowest BCUT2D eigenvalue weighted by molar-refractivity contribution is 0.0933. The van der Waals surface area contributed by atoms with Crippen molar-refractivity contribution in [3.8, 4) is 0 Å². The first-order valence-electron chi connectivity index (χ1n) is 6.12. The van der Waals surface area contributed by atoms with Gasteiger partial charge >= 0.3 is 0 Å². The summed E-state index contributed by atoms with van der Waals surface area (Å²) < 4.78 is 26.3. The number of halogens is 2. The molecule has 1 amide bonds. The molecular formula is C15H14F2N2O. The van der Waals surface area contributed by atoms with E-state index in [9.17, 15) is 13.6 Å². The van der Waals surface area contributed by atoms with Crippen LogP contribution >= 0.6 is 0 Å². The maximum Gasteiger partial charge on any atom is 0.254 e. The molecule has 2 aromatic rings. The van der Waals surface area contributed by atoms with E-state index in [1.165, 1.54) is 0 Å². The first-order chi connectivity index (χ1) is 9.61. The Kier molecular flexibility index (Phi) is 4.42. The zero-order valence-electron chi connectivity index (χ0n) is 10.6. The van der Waals surface area contributed by atoms with Crippen LogP contribution in [0.15, 0.2) is 48.5 Å². The highest BCUT2D eigenvalue weighted by molar-refractivity contribution is 5.94. The summed E-state index contributed by atoms with van der Waals surface area (Å²) in [4.78, 5) is 12.0. The smallest absolute Gasteiger partial charge is 0.254 e. The van der Waals surface area contributed by atoms with E-state index in [0.29, 0.717) is 6.07 Å². The van der Waals surface area contributed by atoms with Gasteiger partial charge in [0.1, 0.15) is 11.6 Å². The van der Waals surface area contributed by atoms with Crippen molar-refractivity contribution < 1.29 is 13.6 Å². The number of nitrogens with one attached hydrogen (secondary N) is 1. The molecule has 0 aliphatic carbocycles. The second-order valence-corrected chi connectivity index (χ2v) is 4.30. The first kappa shape index (κ1) is 14.1. The normalized spacial score (nSPS) is 11.9. The van der Waals surface area contributed by atoms with Crippen molar-refractivity contribution in [3.05, 3.63) is 71.3 Å². The number of nitrogens with two attached hydrogens (primary N) is 1. The summed E-state index contributed by atoms with van der Waals surface area (Å²) in [6.07, 6.45) is 0. The molecule has 5 heteroatoms. The van der Waals surface area contributed by atoms with Gasteiger partial charge in [0.25, 0.3) is 5.91 Å². The van der Waals surface area contributed by atoms with E-state index in [4.69, 9.17) is 5.73 Å². The van der Waals surface area contributed by atoms with Gasteiger partial charge in [-0.05, 0) is 17.7 Å². The molecule has 0 heterocycles. The van der Waals surface area contributed by atoms with Gasteiger partial charge in [-0.1, -0.05) is 30.3 Å². The fourth-order valence-corrected chi connectivity index (χ4v) is 1.87. The van der Waals surface area contributed by atoms with E-state index < -0.39 is 23.6 Å². The Morgan fingerprint density at radius 3 is 2.45 bits per heavy atom. The molecule has 0 aliphatic heterocycles. The molecule has 104 valence electrons. The number of carbonyl (C=O) groups is 1. The van der Waals surface area contributed by atoms with Gasteiger partial charge in [0.2, 0.25) is 0 Å². The van der Waals surface area contributed by atoms with E-state index in [1.54, 1.807) is 0 Å². The van der Waals surface area contributed by atoms with Gasteiger partial charge < -0.3 is 11.1 Å². The average molecular weight is 276 g/mol. The molecule has 0 aliphatic rings. The van der Waals surface area contributed by atoms with Crippen molar-refractivity contribution in [1.82, 2.24) is 5.32 Å². The van der Waals surface area contributed by atoms with Crippen LogP contribution in [0, 0.1) is 11.6 Å². The molecule has 3 N–H and O–H groups in total. The zero-order valence-corrected chi connectivity index (χ0v) is 10.6. The Hall–Kier alpha value is -2.27. The molecule has 0 aromatic heterocycles. The number of carbonyl (C=O) groups excluding carboxylic acids is 1. The van der Waals surface area contributed by atoms with E-state index in [0.717, 1.165) is 17.7 Å². The highest BCUT2D eigenvalue weighted by atomic mass is 19.1. The molecule has 0 saturated carbocycles. The van der Waals surface area contributed by atoms with Crippen molar-refractivity contribution in [2.24, 2.45) is 5.73 Å². The fraction of sp³-hybridized carbons (Fsp3) is 0.133. The number of rotatable bonds is 4. The molecule has 0 bridgehead atoms. The molecular weight excluding hydrogens is 262 g/mol. The standard InChI is InChI=1S/C15H14F2N2O/c16-11-6-7-12(13(17)8-11)15(20)19-14(9-18)10-4-2-1-3-5-10/h1-8,14H,9,18H2,(H,19,20). The van der Waals surface area contributed by atoms with Gasteiger partial charge in [-0.15, -0.1) is 0 Å². The minimum atomic E-state index is -0.897. The SMILES string of the molecule is NCC(NC(=O)c1ccc(F)cc1F)c1ccccc1. The zero-order chi connectivity index (χ0) is 14.5. The van der Waals surface area contributed by atoms with Crippen LogP contribution < -0.4 is 11.1 Å². The Morgan fingerprint density at radius 1 is 1.15 bits per heavy atom. The van der Waals surface area contributed by atoms with Crippen molar-refractivity contribution in [2.45, 2.75) is 6.04 Å². The highest BCUT2D eigenvalue weighted by Gasteiger charge is 2.17. The van der Waals surface area contributed by atoms with Gasteiger partial charge in [-0.25, -0.2) is 8.78 Å². The summed E-state index contributed by atoms with van der Waals surface area (Å²) in [6, 6.07) is 11.5. The van der Waals surface area contributed by atoms with E-state index in [1.807, 2.05) is 30.3 Å². The molecule has 1 atom stereocenters. The third-order valence-electron chi connectivity index (χ3n) is 2.92. The monoisotopic (exact) mass is 276 g/mol. The van der Waals surface area contributed by atoms with Crippen LogP contribution in [-0.4, -0.2) is 12.5 Å². The molecule has 0 saturated heterocycles. The van der Waals surface area contributed by atoms with Crippen LogP contribution in [0.1, 0.15) is 22.0 Å². The lowest BCUT2D eigenvalue weighted by Gasteiger charge is -2.17. The lowest BCUT2D eigenvalue weighted by Crippen LogP contribution is -2.33. The van der Waals surface area contributed by atoms with Crippen LogP contribution in [0.5, 0.6) is 0 Å². The second-order valence-electron chi connectivity index (χ2n) is 4.30. The Morgan fingerprint density at radius 2 is 1.85 bits per heavy atom. The molecule has 0 spiro atoms. The maximum atomic E-state index is 13.5. The van der Waals surface area contributed by atoms with Crippen LogP contribution in [0.3, 0.4) is 0 Å². The van der Waals surface area contributed by atoms with Crippen molar-refractivity contribution in [3.63, 3.8) is 0 Å². The first-order valence-corrected chi connectivity index (χ1v) is 6.12. The average Bonchev–Trinajstić information content (AvgIpc) is 2.45. The number of benzene rings is 2. The Balaban J connectivity index is 2.17. The van der Waals surface area contributed by atoms with Gasteiger partial charge in [-0.3, -0.25) is 4.79 Å². The molecule has 0 radical (unpaired) electrons. The van der Waals surface area contributed by atoms with Crippen molar-refractivity contribution in [1.29, 1.82) is 0 Å². The quantitative estimate of drug-likeness (QED) is 0.901. The summed E-state index contributed by atoms with van der Waals surface area (Å²) in [7, 11) is 0. The fourth-order valence-electron chi connectivity index (χ4n) is 1.87. The molecule has 2 aromatic carbocycles. The highest BCUT2D eigenvalue weighted by Crippen LogP contribution is 2.14. The van der Waals surface area contributed by atoms with Crippen LogP contribution in [0.2, 0.25) is 0 Å². The van der Waals surface area contributed by atoms with Crippen LogP contribution in [0.25, 0.3) is 0 Å². The Bertz CT molecular complexity index is 602. The molecule has 2 rings (SSSR count). The third kappa shape index (κ3) is 3.19. The molecule has 20 heavy (non-hydrogen) atoms. The second kappa shape index (κ2) is 6.25. The van der Waals surface area contributed by atoms with Gasteiger partial charge in [0.05, 0.1) is 11.6 Å². The molecule has 3 nitrogen and oxygen atoms in total. The number of hydrogen-bond acceptors (Lipinski definition) is 2.